The topological polar surface area (TPSA) is 99.4 Å². The van der Waals surface area contributed by atoms with Gasteiger partial charge in [-0.3, -0.25) is 0 Å². The van der Waals surface area contributed by atoms with Crippen LogP contribution >= 0.6 is 11.8 Å². The largest absolute Gasteiger partial charge is 0.463 e. The minimum Gasteiger partial charge on any atom is -0.463 e. The molecule has 9 heteroatoms. The predicted octanol–water partition coefficient (Wildman–Crippen LogP) is 2.40. The molecule has 136 valence electrons. The van der Waals surface area contributed by atoms with Crippen LogP contribution in [0.4, 0.5) is 5.69 Å². The monoisotopic (exact) mass is 373 g/mol. The zero-order valence-electron chi connectivity index (χ0n) is 14.7. The third-order valence-electron chi connectivity index (χ3n) is 3.76. The first-order chi connectivity index (χ1) is 12.5. The van der Waals surface area contributed by atoms with Gasteiger partial charge >= 0.3 is 5.97 Å². The number of furan rings is 1. The van der Waals surface area contributed by atoms with Gasteiger partial charge in [-0.2, -0.15) is 0 Å². The molecule has 0 aliphatic rings. The highest BCUT2D eigenvalue weighted by molar-refractivity contribution is 7.98. The standard InChI is InChI=1S/C17H19N5O3S/c1-21(2)13-6-4-5-11(9-13)15-19-20-17(22(15)18)26-10-12-7-8-25-14(12)16(23)24-3/h4-9H,10,18H2,1-3H3. The van der Waals surface area contributed by atoms with Crippen LogP contribution in [-0.4, -0.2) is 42.0 Å². The van der Waals surface area contributed by atoms with Gasteiger partial charge in [0.25, 0.3) is 0 Å². The molecule has 0 unspecified atom stereocenters. The van der Waals surface area contributed by atoms with Crippen LogP contribution in [0, 0.1) is 0 Å². The maximum atomic E-state index is 11.7. The summed E-state index contributed by atoms with van der Waals surface area (Å²) in [6, 6.07) is 9.59. The van der Waals surface area contributed by atoms with Gasteiger partial charge in [0.15, 0.2) is 5.82 Å². The molecule has 8 nitrogen and oxygen atoms in total. The molecule has 26 heavy (non-hydrogen) atoms. The number of thioether (sulfide) groups is 1. The smallest absolute Gasteiger partial charge is 0.374 e. The Bertz CT molecular complexity index is 919. The summed E-state index contributed by atoms with van der Waals surface area (Å²) < 4.78 is 11.3. The fraction of sp³-hybridized carbons (Fsp3) is 0.235. The van der Waals surface area contributed by atoms with Crippen LogP contribution in [0.2, 0.25) is 0 Å². The minimum atomic E-state index is -0.513. The van der Waals surface area contributed by atoms with Crippen molar-refractivity contribution in [3.05, 3.63) is 47.9 Å². The van der Waals surface area contributed by atoms with Crippen molar-refractivity contribution in [2.75, 3.05) is 31.9 Å². The fourth-order valence-electron chi connectivity index (χ4n) is 2.36. The van der Waals surface area contributed by atoms with E-state index in [9.17, 15) is 4.79 Å². The molecule has 2 N–H and O–H groups in total. The number of carbonyl (C=O) groups excluding carboxylic acids is 1. The number of nitrogen functional groups attached to an aromatic ring is 1. The van der Waals surface area contributed by atoms with Crippen LogP contribution in [0.5, 0.6) is 0 Å². The highest BCUT2D eigenvalue weighted by Crippen LogP contribution is 2.27. The van der Waals surface area contributed by atoms with Gasteiger partial charge in [-0.15, -0.1) is 10.2 Å². The molecule has 0 radical (unpaired) electrons. The third-order valence-corrected chi connectivity index (χ3v) is 4.75. The zero-order chi connectivity index (χ0) is 18.7. The third kappa shape index (κ3) is 3.52. The van der Waals surface area contributed by atoms with Crippen molar-refractivity contribution in [1.29, 1.82) is 0 Å². The average Bonchev–Trinajstić information content (AvgIpc) is 3.26. The summed E-state index contributed by atoms with van der Waals surface area (Å²) in [5, 5.41) is 8.88. The minimum absolute atomic E-state index is 0.182. The Labute approximate surface area is 154 Å². The van der Waals surface area contributed by atoms with E-state index < -0.39 is 5.97 Å². The predicted molar refractivity (Wildman–Crippen MR) is 99.5 cm³/mol. The summed E-state index contributed by atoms with van der Waals surface area (Å²) in [4.78, 5) is 13.7. The molecular weight excluding hydrogens is 354 g/mol. The van der Waals surface area contributed by atoms with E-state index >= 15 is 0 Å². The van der Waals surface area contributed by atoms with Gasteiger partial charge in [0.05, 0.1) is 13.4 Å². The lowest BCUT2D eigenvalue weighted by Crippen LogP contribution is -2.12. The molecule has 0 saturated heterocycles. The van der Waals surface area contributed by atoms with Crippen molar-refractivity contribution in [2.24, 2.45) is 0 Å². The van der Waals surface area contributed by atoms with Crippen molar-refractivity contribution in [3.8, 4) is 11.4 Å². The number of benzene rings is 1. The van der Waals surface area contributed by atoms with E-state index in [4.69, 9.17) is 15.0 Å². The van der Waals surface area contributed by atoms with Gasteiger partial charge < -0.3 is 19.9 Å². The summed E-state index contributed by atoms with van der Waals surface area (Å²) in [7, 11) is 5.25. The lowest BCUT2D eigenvalue weighted by Gasteiger charge is -2.13. The highest BCUT2D eigenvalue weighted by Gasteiger charge is 2.18. The zero-order valence-corrected chi connectivity index (χ0v) is 15.5. The SMILES string of the molecule is COC(=O)c1occc1CSc1nnc(-c2cccc(N(C)C)c2)n1N. The van der Waals surface area contributed by atoms with Gasteiger partial charge in [0, 0.05) is 36.7 Å². The number of hydrogen-bond acceptors (Lipinski definition) is 8. The van der Waals surface area contributed by atoms with E-state index in [0.29, 0.717) is 22.3 Å². The molecule has 0 aliphatic carbocycles. The first-order valence-corrected chi connectivity index (χ1v) is 8.75. The van der Waals surface area contributed by atoms with Gasteiger partial charge in [0.1, 0.15) is 0 Å². The first-order valence-electron chi connectivity index (χ1n) is 7.77. The van der Waals surface area contributed by atoms with Crippen molar-refractivity contribution in [1.82, 2.24) is 14.9 Å². The van der Waals surface area contributed by atoms with Gasteiger partial charge in [0.2, 0.25) is 10.9 Å². The summed E-state index contributed by atoms with van der Waals surface area (Å²) in [5.74, 6) is 6.86. The number of nitrogens with two attached hydrogens (primary N) is 1. The lowest BCUT2D eigenvalue weighted by molar-refractivity contribution is 0.0564. The summed E-state index contributed by atoms with van der Waals surface area (Å²) in [6.45, 7) is 0. The number of aromatic nitrogens is 3. The van der Waals surface area contributed by atoms with Crippen LogP contribution in [-0.2, 0) is 10.5 Å². The molecule has 0 bridgehead atoms. The molecule has 0 spiro atoms. The number of anilines is 1. The Morgan fingerprint density at radius 3 is 2.88 bits per heavy atom. The Kier molecular flexibility index (Phi) is 5.17. The van der Waals surface area contributed by atoms with Crippen LogP contribution in [0.25, 0.3) is 11.4 Å². The molecular formula is C17H19N5O3S. The van der Waals surface area contributed by atoms with E-state index in [0.717, 1.165) is 11.3 Å². The van der Waals surface area contributed by atoms with Crippen molar-refractivity contribution in [2.45, 2.75) is 10.9 Å². The second-order valence-corrected chi connectivity index (χ2v) is 6.62. The molecule has 2 aromatic heterocycles. The number of hydrogen-bond donors (Lipinski definition) is 1. The Balaban J connectivity index is 1.79. The molecule has 3 rings (SSSR count). The molecule has 3 aromatic rings. The molecule has 0 atom stereocenters. The van der Waals surface area contributed by atoms with E-state index in [2.05, 4.69) is 10.2 Å². The molecule has 1 aromatic carbocycles. The van der Waals surface area contributed by atoms with E-state index in [1.807, 2.05) is 43.3 Å². The lowest BCUT2D eigenvalue weighted by atomic mass is 10.2. The number of ether oxygens (including phenoxy) is 1. The maximum Gasteiger partial charge on any atom is 0.374 e. The van der Waals surface area contributed by atoms with Crippen molar-refractivity contribution >= 4 is 23.4 Å². The Morgan fingerprint density at radius 2 is 2.15 bits per heavy atom. The molecule has 2 heterocycles. The average molecular weight is 373 g/mol. The van der Waals surface area contributed by atoms with Crippen LogP contribution in [0.15, 0.2) is 46.2 Å². The number of esters is 1. The molecule has 0 amide bonds. The van der Waals surface area contributed by atoms with Gasteiger partial charge in [-0.05, 0) is 18.2 Å². The normalized spacial score (nSPS) is 10.7. The molecule has 0 fully saturated rings. The number of methoxy groups -OCH3 is 1. The van der Waals surface area contributed by atoms with Crippen LogP contribution < -0.4 is 10.7 Å². The van der Waals surface area contributed by atoms with Gasteiger partial charge in [-0.1, -0.05) is 23.9 Å². The summed E-state index contributed by atoms with van der Waals surface area (Å²) in [6.07, 6.45) is 1.45. The maximum absolute atomic E-state index is 11.7. The van der Waals surface area contributed by atoms with E-state index in [-0.39, 0.29) is 5.76 Å². The van der Waals surface area contributed by atoms with E-state index in [1.54, 1.807) is 6.07 Å². The molecule has 0 saturated carbocycles. The molecule has 0 aliphatic heterocycles. The number of carbonyl (C=O) groups is 1. The Morgan fingerprint density at radius 1 is 1.35 bits per heavy atom. The number of nitrogens with zero attached hydrogens (tertiary/aromatic N) is 4. The van der Waals surface area contributed by atoms with Crippen molar-refractivity contribution < 1.29 is 13.9 Å². The summed E-state index contributed by atoms with van der Waals surface area (Å²) in [5.41, 5.74) is 2.62. The van der Waals surface area contributed by atoms with E-state index in [1.165, 1.54) is 29.8 Å². The van der Waals surface area contributed by atoms with Gasteiger partial charge in [-0.25, -0.2) is 9.47 Å². The quantitative estimate of drug-likeness (QED) is 0.399. The fourth-order valence-corrected chi connectivity index (χ4v) is 3.19. The van der Waals surface area contributed by atoms with Crippen LogP contribution in [0.3, 0.4) is 0 Å². The first kappa shape index (κ1) is 17.9. The summed E-state index contributed by atoms with van der Waals surface area (Å²) >= 11 is 1.36. The Hall–Kier alpha value is -2.94. The second kappa shape index (κ2) is 7.52. The highest BCUT2D eigenvalue weighted by atomic mass is 32.2. The van der Waals surface area contributed by atoms with Crippen molar-refractivity contribution in [3.63, 3.8) is 0 Å². The van der Waals surface area contributed by atoms with Crippen LogP contribution in [0.1, 0.15) is 16.1 Å². The number of rotatable bonds is 6. The second-order valence-electron chi connectivity index (χ2n) is 5.68.